The highest BCUT2D eigenvalue weighted by Crippen LogP contribution is 2.22. The average molecular weight is 205 g/mol. The highest BCUT2D eigenvalue weighted by Gasteiger charge is 2.26. The van der Waals surface area contributed by atoms with Crippen LogP contribution in [0.4, 0.5) is 0 Å². The molecule has 3 unspecified atom stereocenters. The van der Waals surface area contributed by atoms with Crippen LogP contribution in [0.3, 0.4) is 0 Å². The van der Waals surface area contributed by atoms with Crippen LogP contribution in [0, 0.1) is 0 Å². The third-order valence-electron chi connectivity index (χ3n) is 2.95. The Morgan fingerprint density at radius 3 is 2.80 bits per heavy atom. The van der Waals surface area contributed by atoms with Crippen LogP contribution in [0.5, 0.6) is 0 Å². The number of nitrogens with zero attached hydrogens (tertiary/aromatic N) is 1. The van der Waals surface area contributed by atoms with Crippen molar-refractivity contribution in [3.63, 3.8) is 0 Å². The lowest BCUT2D eigenvalue weighted by molar-refractivity contribution is -0.220. The standard InChI is InChI=1S/C13H19NO/c1-3-13-10-9-11(2)14(15-13)12-7-5-4-6-8-12/h4-7,9-13H,3,8H2,1-2H3. The molecule has 0 aromatic rings. The predicted octanol–water partition coefficient (Wildman–Crippen LogP) is 2.84. The van der Waals surface area contributed by atoms with Gasteiger partial charge in [0.1, 0.15) is 0 Å². The molecule has 1 aliphatic heterocycles. The molecule has 0 saturated carbocycles. The van der Waals surface area contributed by atoms with E-state index in [9.17, 15) is 0 Å². The third-order valence-corrected chi connectivity index (χ3v) is 2.95. The van der Waals surface area contributed by atoms with Gasteiger partial charge in [0, 0.05) is 0 Å². The van der Waals surface area contributed by atoms with Crippen molar-refractivity contribution in [2.75, 3.05) is 0 Å². The molecule has 0 amide bonds. The summed E-state index contributed by atoms with van der Waals surface area (Å²) < 4.78 is 0. The van der Waals surface area contributed by atoms with Crippen molar-refractivity contribution in [1.29, 1.82) is 0 Å². The largest absolute Gasteiger partial charge is 0.290 e. The van der Waals surface area contributed by atoms with Crippen LogP contribution in [0.1, 0.15) is 26.7 Å². The Labute approximate surface area is 91.9 Å². The Morgan fingerprint density at radius 1 is 1.27 bits per heavy atom. The van der Waals surface area contributed by atoms with E-state index in [1.54, 1.807) is 0 Å². The van der Waals surface area contributed by atoms with E-state index in [-0.39, 0.29) is 6.10 Å². The van der Waals surface area contributed by atoms with Crippen molar-refractivity contribution in [3.8, 4) is 0 Å². The molecule has 0 spiro atoms. The van der Waals surface area contributed by atoms with E-state index in [2.05, 4.69) is 55.4 Å². The molecule has 2 heteroatoms. The first-order chi connectivity index (χ1) is 7.31. The van der Waals surface area contributed by atoms with Crippen LogP contribution in [-0.4, -0.2) is 23.3 Å². The van der Waals surface area contributed by atoms with Gasteiger partial charge < -0.3 is 0 Å². The SMILES string of the molecule is CCC1C=CC(C)N(C2C=CC=CC2)O1. The molecule has 0 aromatic carbocycles. The molecule has 1 heterocycles. The minimum absolute atomic E-state index is 0.250. The van der Waals surface area contributed by atoms with E-state index < -0.39 is 0 Å². The molecule has 0 N–H and O–H groups in total. The first-order valence-corrected chi connectivity index (χ1v) is 5.78. The Kier molecular flexibility index (Phi) is 3.39. The Hall–Kier alpha value is -0.860. The van der Waals surface area contributed by atoms with Gasteiger partial charge in [-0.1, -0.05) is 43.4 Å². The van der Waals surface area contributed by atoms with Gasteiger partial charge in [0.15, 0.2) is 0 Å². The second-order valence-corrected chi connectivity index (χ2v) is 4.15. The fraction of sp³-hybridized carbons (Fsp3) is 0.538. The molecule has 0 radical (unpaired) electrons. The maximum absolute atomic E-state index is 5.95. The van der Waals surface area contributed by atoms with Crippen molar-refractivity contribution in [2.24, 2.45) is 0 Å². The molecule has 82 valence electrons. The number of hydroxylamine groups is 2. The van der Waals surface area contributed by atoms with E-state index in [1.807, 2.05) is 0 Å². The zero-order chi connectivity index (χ0) is 10.7. The summed E-state index contributed by atoms with van der Waals surface area (Å²) in [6.45, 7) is 4.33. The molecule has 2 nitrogen and oxygen atoms in total. The smallest absolute Gasteiger partial charge is 0.0972 e. The van der Waals surface area contributed by atoms with Gasteiger partial charge in [0.25, 0.3) is 0 Å². The van der Waals surface area contributed by atoms with E-state index >= 15 is 0 Å². The summed E-state index contributed by atoms with van der Waals surface area (Å²) in [5.41, 5.74) is 0. The summed E-state index contributed by atoms with van der Waals surface area (Å²) in [5, 5.41) is 2.12. The lowest BCUT2D eigenvalue weighted by atomic mass is 10.1. The minimum Gasteiger partial charge on any atom is -0.290 e. The molecule has 0 bridgehead atoms. The first kappa shape index (κ1) is 10.7. The van der Waals surface area contributed by atoms with Crippen LogP contribution in [-0.2, 0) is 4.84 Å². The van der Waals surface area contributed by atoms with Crippen molar-refractivity contribution in [3.05, 3.63) is 36.5 Å². The quantitative estimate of drug-likeness (QED) is 0.643. The highest BCUT2D eigenvalue weighted by molar-refractivity contribution is 5.14. The summed E-state index contributed by atoms with van der Waals surface area (Å²) in [6.07, 6.45) is 15.3. The summed E-state index contributed by atoms with van der Waals surface area (Å²) in [4.78, 5) is 5.95. The molecule has 2 aliphatic rings. The lowest BCUT2D eigenvalue weighted by Crippen LogP contribution is -2.44. The van der Waals surface area contributed by atoms with Crippen molar-refractivity contribution in [2.45, 2.75) is 44.9 Å². The normalized spacial score (nSPS) is 36.0. The van der Waals surface area contributed by atoms with Gasteiger partial charge in [-0.25, -0.2) is 0 Å². The molecule has 1 aliphatic carbocycles. The number of allylic oxidation sites excluding steroid dienone is 2. The Morgan fingerprint density at radius 2 is 2.13 bits per heavy atom. The topological polar surface area (TPSA) is 12.5 Å². The fourth-order valence-corrected chi connectivity index (χ4v) is 2.00. The van der Waals surface area contributed by atoms with E-state index in [0.717, 1.165) is 12.8 Å². The fourth-order valence-electron chi connectivity index (χ4n) is 2.00. The van der Waals surface area contributed by atoms with Crippen LogP contribution in [0.2, 0.25) is 0 Å². The van der Waals surface area contributed by atoms with Gasteiger partial charge in [0.2, 0.25) is 0 Å². The Balaban J connectivity index is 2.05. The molecular weight excluding hydrogens is 186 g/mol. The molecular formula is C13H19NO. The highest BCUT2D eigenvalue weighted by atomic mass is 16.7. The monoisotopic (exact) mass is 205 g/mol. The van der Waals surface area contributed by atoms with Gasteiger partial charge in [-0.2, -0.15) is 5.06 Å². The van der Waals surface area contributed by atoms with E-state index in [0.29, 0.717) is 12.1 Å². The maximum Gasteiger partial charge on any atom is 0.0972 e. The van der Waals surface area contributed by atoms with Crippen LogP contribution < -0.4 is 0 Å². The van der Waals surface area contributed by atoms with Gasteiger partial charge >= 0.3 is 0 Å². The molecule has 0 aromatic heterocycles. The average Bonchev–Trinajstić information content (AvgIpc) is 2.31. The molecule has 2 rings (SSSR count). The number of rotatable bonds is 2. The second-order valence-electron chi connectivity index (χ2n) is 4.15. The van der Waals surface area contributed by atoms with Crippen LogP contribution in [0.15, 0.2) is 36.5 Å². The molecule has 3 atom stereocenters. The molecule has 0 saturated heterocycles. The molecule has 15 heavy (non-hydrogen) atoms. The predicted molar refractivity (Wildman–Crippen MR) is 62.3 cm³/mol. The number of hydrogen-bond donors (Lipinski definition) is 0. The van der Waals surface area contributed by atoms with Crippen molar-refractivity contribution >= 4 is 0 Å². The van der Waals surface area contributed by atoms with E-state index in [1.165, 1.54) is 0 Å². The number of hydrogen-bond acceptors (Lipinski definition) is 2. The maximum atomic E-state index is 5.95. The minimum atomic E-state index is 0.250. The molecule has 0 fully saturated rings. The summed E-state index contributed by atoms with van der Waals surface area (Å²) >= 11 is 0. The van der Waals surface area contributed by atoms with Crippen molar-refractivity contribution in [1.82, 2.24) is 5.06 Å². The van der Waals surface area contributed by atoms with Crippen LogP contribution >= 0.6 is 0 Å². The van der Waals surface area contributed by atoms with E-state index in [4.69, 9.17) is 4.84 Å². The summed E-state index contributed by atoms with van der Waals surface area (Å²) in [5.74, 6) is 0. The lowest BCUT2D eigenvalue weighted by Gasteiger charge is -2.37. The zero-order valence-electron chi connectivity index (χ0n) is 9.47. The van der Waals surface area contributed by atoms with Crippen molar-refractivity contribution < 1.29 is 4.84 Å². The zero-order valence-corrected chi connectivity index (χ0v) is 9.47. The third kappa shape index (κ3) is 2.39. The second kappa shape index (κ2) is 4.77. The van der Waals surface area contributed by atoms with Crippen LogP contribution in [0.25, 0.3) is 0 Å². The van der Waals surface area contributed by atoms with Gasteiger partial charge in [-0.05, 0) is 19.8 Å². The van der Waals surface area contributed by atoms with Gasteiger partial charge in [-0.15, -0.1) is 0 Å². The van der Waals surface area contributed by atoms with Gasteiger partial charge in [0.05, 0.1) is 18.2 Å². The van der Waals surface area contributed by atoms with Gasteiger partial charge in [-0.3, -0.25) is 4.84 Å². The Bertz CT molecular complexity index is 293. The first-order valence-electron chi connectivity index (χ1n) is 5.78. The summed E-state index contributed by atoms with van der Waals surface area (Å²) in [7, 11) is 0. The summed E-state index contributed by atoms with van der Waals surface area (Å²) in [6, 6.07) is 0.762.